The topological polar surface area (TPSA) is 100 Å². The molecule has 0 aliphatic carbocycles. The van der Waals surface area contributed by atoms with E-state index in [4.69, 9.17) is 9.94 Å². The molecule has 108 valence electrons. The van der Waals surface area contributed by atoms with Crippen molar-refractivity contribution in [1.29, 1.82) is 0 Å². The Morgan fingerprint density at radius 3 is 2.65 bits per heavy atom. The molecule has 0 heterocycles. The highest BCUT2D eigenvalue weighted by Crippen LogP contribution is 2.07. The summed E-state index contributed by atoms with van der Waals surface area (Å²) in [5, 5.41) is 16.2. The van der Waals surface area contributed by atoms with E-state index in [9.17, 15) is 9.59 Å². The molecule has 0 fully saturated rings. The Labute approximate surface area is 116 Å². The molecule has 0 aliphatic rings. The zero-order valence-corrected chi connectivity index (χ0v) is 11.1. The molecule has 3 N–H and O–H groups in total. The molecule has 20 heavy (non-hydrogen) atoms. The van der Waals surface area contributed by atoms with Gasteiger partial charge in [0, 0.05) is 5.69 Å². The third-order valence-electron chi connectivity index (χ3n) is 2.24. The fourth-order valence-electron chi connectivity index (χ4n) is 1.31. The molecule has 7 heteroatoms. The third kappa shape index (κ3) is 5.85. The van der Waals surface area contributed by atoms with Crippen molar-refractivity contribution in [1.82, 2.24) is 5.32 Å². The molecule has 7 nitrogen and oxygen atoms in total. The Bertz CT molecular complexity index is 471. The molecular formula is C13H17N3O4. The molecule has 0 spiro atoms. The molecule has 2 amide bonds. The zero-order chi connectivity index (χ0) is 14.8. The minimum atomic E-state index is -0.498. The lowest BCUT2D eigenvalue weighted by molar-refractivity contribution is -0.142. The molecule has 0 saturated heterocycles. The highest BCUT2D eigenvalue weighted by molar-refractivity contribution is 5.91. The second-order valence-corrected chi connectivity index (χ2v) is 3.89. The van der Waals surface area contributed by atoms with Gasteiger partial charge >= 0.3 is 12.0 Å². The van der Waals surface area contributed by atoms with E-state index in [1.807, 2.05) is 6.92 Å². The van der Waals surface area contributed by atoms with Gasteiger partial charge in [0.25, 0.3) is 0 Å². The summed E-state index contributed by atoms with van der Waals surface area (Å²) in [4.78, 5) is 22.7. The maximum absolute atomic E-state index is 11.5. The normalized spacial score (nSPS) is 10.2. The molecule has 0 radical (unpaired) electrons. The van der Waals surface area contributed by atoms with Crippen LogP contribution in [0.2, 0.25) is 0 Å². The van der Waals surface area contributed by atoms with Gasteiger partial charge in [0.2, 0.25) is 0 Å². The molecule has 0 aliphatic heterocycles. The summed E-state index contributed by atoms with van der Waals surface area (Å²) in [6.45, 7) is 2.05. The quantitative estimate of drug-likeness (QED) is 0.318. The minimum absolute atomic E-state index is 0.179. The van der Waals surface area contributed by atoms with Crippen LogP contribution in [0.3, 0.4) is 0 Å². The number of anilines is 1. The van der Waals surface area contributed by atoms with Crippen LogP contribution >= 0.6 is 0 Å². The van der Waals surface area contributed by atoms with E-state index in [2.05, 4.69) is 15.8 Å². The van der Waals surface area contributed by atoms with Gasteiger partial charge in [-0.2, -0.15) is 0 Å². The number of esters is 1. The molecule has 1 rings (SSSR count). The van der Waals surface area contributed by atoms with E-state index in [1.165, 1.54) is 6.21 Å². The van der Waals surface area contributed by atoms with Gasteiger partial charge in [0.15, 0.2) is 0 Å². The maximum atomic E-state index is 11.5. The first kappa shape index (κ1) is 15.5. The first-order valence-electron chi connectivity index (χ1n) is 6.13. The lowest BCUT2D eigenvalue weighted by Gasteiger charge is -2.07. The van der Waals surface area contributed by atoms with Gasteiger partial charge in [0.05, 0.1) is 12.8 Å². The summed E-state index contributed by atoms with van der Waals surface area (Å²) in [5.41, 5.74) is 1.25. The number of oxime groups is 1. The van der Waals surface area contributed by atoms with E-state index >= 15 is 0 Å². The van der Waals surface area contributed by atoms with Gasteiger partial charge in [-0.3, -0.25) is 4.79 Å². The first-order valence-corrected chi connectivity index (χ1v) is 6.13. The number of hydrogen-bond donors (Lipinski definition) is 3. The number of ether oxygens (including phenoxy) is 1. The van der Waals surface area contributed by atoms with Crippen molar-refractivity contribution in [3.05, 3.63) is 29.8 Å². The Balaban J connectivity index is 2.36. The van der Waals surface area contributed by atoms with Crippen molar-refractivity contribution in [3.63, 3.8) is 0 Å². The van der Waals surface area contributed by atoms with Crippen LogP contribution < -0.4 is 10.6 Å². The van der Waals surface area contributed by atoms with Crippen LogP contribution in [-0.4, -0.2) is 36.6 Å². The predicted molar refractivity (Wildman–Crippen MR) is 74.1 cm³/mol. The summed E-state index contributed by atoms with van der Waals surface area (Å²) in [7, 11) is 0. The van der Waals surface area contributed by atoms with E-state index in [-0.39, 0.29) is 6.54 Å². The van der Waals surface area contributed by atoms with Gasteiger partial charge < -0.3 is 20.6 Å². The Hall–Kier alpha value is -2.57. The molecular weight excluding hydrogens is 262 g/mol. The Kier molecular flexibility index (Phi) is 6.60. The number of rotatable bonds is 6. The average molecular weight is 279 g/mol. The molecule has 1 aromatic rings. The van der Waals surface area contributed by atoms with Crippen LogP contribution in [0, 0.1) is 0 Å². The molecule has 0 atom stereocenters. The van der Waals surface area contributed by atoms with Crippen LogP contribution in [0.1, 0.15) is 18.9 Å². The monoisotopic (exact) mass is 279 g/mol. The van der Waals surface area contributed by atoms with Crippen LogP contribution in [-0.2, 0) is 9.53 Å². The third-order valence-corrected chi connectivity index (χ3v) is 2.24. The van der Waals surface area contributed by atoms with Gasteiger partial charge in [0.1, 0.15) is 6.54 Å². The number of nitrogens with zero attached hydrogens (tertiary/aromatic N) is 1. The SMILES string of the molecule is CCCOC(=O)CNC(=O)Nc1ccc(C=NO)cc1. The lowest BCUT2D eigenvalue weighted by Crippen LogP contribution is -2.34. The summed E-state index contributed by atoms with van der Waals surface area (Å²) < 4.78 is 4.81. The average Bonchev–Trinajstić information content (AvgIpc) is 2.45. The number of hydrogen-bond acceptors (Lipinski definition) is 5. The van der Waals surface area contributed by atoms with E-state index in [0.29, 0.717) is 17.9 Å². The largest absolute Gasteiger partial charge is 0.464 e. The standard InChI is InChI=1S/C13H17N3O4/c1-2-7-20-12(17)9-14-13(18)16-11-5-3-10(4-6-11)8-15-19/h3-6,8,19H,2,7,9H2,1H3,(H2,14,16,18). The van der Waals surface area contributed by atoms with Crippen LogP contribution in [0.15, 0.2) is 29.4 Å². The van der Waals surface area contributed by atoms with E-state index in [0.717, 1.165) is 6.42 Å². The van der Waals surface area contributed by atoms with Gasteiger partial charge in [-0.1, -0.05) is 24.2 Å². The summed E-state index contributed by atoms with van der Waals surface area (Å²) >= 11 is 0. The van der Waals surface area contributed by atoms with Gasteiger partial charge in [-0.15, -0.1) is 0 Å². The zero-order valence-electron chi connectivity index (χ0n) is 11.1. The van der Waals surface area contributed by atoms with Crippen molar-refractivity contribution in [2.75, 3.05) is 18.5 Å². The number of amides is 2. The second-order valence-electron chi connectivity index (χ2n) is 3.89. The second kappa shape index (κ2) is 8.52. The number of urea groups is 1. The fourth-order valence-corrected chi connectivity index (χ4v) is 1.31. The Morgan fingerprint density at radius 2 is 2.05 bits per heavy atom. The summed E-state index contributed by atoms with van der Waals surface area (Å²) in [5.74, 6) is -0.475. The number of benzene rings is 1. The van der Waals surface area contributed by atoms with Crippen LogP contribution in [0.25, 0.3) is 0 Å². The van der Waals surface area contributed by atoms with Gasteiger partial charge in [-0.25, -0.2) is 4.79 Å². The minimum Gasteiger partial charge on any atom is -0.464 e. The summed E-state index contributed by atoms with van der Waals surface area (Å²) in [6, 6.07) is 6.13. The van der Waals surface area contributed by atoms with Crippen molar-refractivity contribution < 1.29 is 19.5 Å². The highest BCUT2D eigenvalue weighted by Gasteiger charge is 2.06. The molecule has 0 unspecified atom stereocenters. The lowest BCUT2D eigenvalue weighted by atomic mass is 10.2. The molecule has 0 saturated carbocycles. The van der Waals surface area contributed by atoms with Crippen molar-refractivity contribution in [2.24, 2.45) is 5.16 Å². The van der Waals surface area contributed by atoms with Crippen molar-refractivity contribution in [3.8, 4) is 0 Å². The van der Waals surface area contributed by atoms with E-state index < -0.39 is 12.0 Å². The molecule has 0 bridgehead atoms. The molecule has 1 aromatic carbocycles. The smallest absolute Gasteiger partial charge is 0.325 e. The predicted octanol–water partition coefficient (Wildman–Crippen LogP) is 1.57. The number of nitrogens with one attached hydrogen (secondary N) is 2. The van der Waals surface area contributed by atoms with Crippen LogP contribution in [0.4, 0.5) is 10.5 Å². The van der Waals surface area contributed by atoms with Gasteiger partial charge in [-0.05, 0) is 24.1 Å². The van der Waals surface area contributed by atoms with Crippen LogP contribution in [0.5, 0.6) is 0 Å². The number of carbonyl (C=O) groups excluding carboxylic acids is 2. The highest BCUT2D eigenvalue weighted by atomic mass is 16.5. The van der Waals surface area contributed by atoms with Crippen molar-refractivity contribution in [2.45, 2.75) is 13.3 Å². The maximum Gasteiger partial charge on any atom is 0.325 e. The summed E-state index contributed by atoms with van der Waals surface area (Å²) in [6.07, 6.45) is 2.01. The molecule has 0 aromatic heterocycles. The van der Waals surface area contributed by atoms with Crippen molar-refractivity contribution >= 4 is 23.9 Å². The first-order chi connectivity index (χ1) is 9.65. The van der Waals surface area contributed by atoms with E-state index in [1.54, 1.807) is 24.3 Å². The number of carbonyl (C=O) groups is 2. The Morgan fingerprint density at radius 1 is 1.35 bits per heavy atom. The fraction of sp³-hybridized carbons (Fsp3) is 0.308.